The van der Waals surface area contributed by atoms with Gasteiger partial charge in [0, 0.05) is 12.8 Å². The molecule has 10 heteroatoms. The minimum Gasteiger partial charge on any atom is -0.456 e. The van der Waals surface area contributed by atoms with Crippen LogP contribution in [-0.2, 0) is 27.9 Å². The van der Waals surface area contributed by atoms with Crippen molar-refractivity contribution in [3.63, 3.8) is 0 Å². The van der Waals surface area contributed by atoms with Gasteiger partial charge >= 0.3 is 13.8 Å². The van der Waals surface area contributed by atoms with E-state index in [2.05, 4.69) is 74.7 Å². The zero-order chi connectivity index (χ0) is 55.0. The average molecular weight is 1060 g/mol. The normalized spacial score (nSPS) is 14.6. The van der Waals surface area contributed by atoms with Gasteiger partial charge in [0.05, 0.1) is 33.8 Å². The van der Waals surface area contributed by atoms with Gasteiger partial charge < -0.3 is 19.4 Å². The van der Waals surface area contributed by atoms with Gasteiger partial charge in [0.15, 0.2) is 0 Å². The van der Waals surface area contributed by atoms with Crippen molar-refractivity contribution in [2.24, 2.45) is 0 Å². The van der Waals surface area contributed by atoms with Crippen molar-refractivity contribution in [1.29, 1.82) is 0 Å². The van der Waals surface area contributed by atoms with Crippen LogP contribution in [0.1, 0.15) is 226 Å². The summed E-state index contributed by atoms with van der Waals surface area (Å²) >= 11 is 0. The Morgan fingerprint density at radius 3 is 1.44 bits per heavy atom. The largest absolute Gasteiger partial charge is 0.472 e. The molecule has 3 unspecified atom stereocenters. The van der Waals surface area contributed by atoms with E-state index in [1.807, 2.05) is 94.1 Å². The third kappa shape index (κ3) is 55.0. The maximum atomic E-state index is 13.5. The maximum absolute atomic E-state index is 13.5. The monoisotopic (exact) mass is 1060 g/mol. The number of nitrogens with one attached hydrogen (secondary N) is 1. The molecular weight excluding hydrogens is 952 g/mol. The maximum Gasteiger partial charge on any atom is 0.472 e. The summed E-state index contributed by atoms with van der Waals surface area (Å²) in [6.45, 7) is 6.78. The summed E-state index contributed by atoms with van der Waals surface area (Å²) in [6.07, 6.45) is 74.7. The van der Waals surface area contributed by atoms with Crippen molar-refractivity contribution >= 4 is 19.7 Å². The SMILES string of the molecule is CC\C=C/C=C/C=C/C=C\C=C\C=C\CCCCCC(=O)OC(/C=C/CCCCCCCCCCCCC)C(COP(=O)(O)OCC[N+](C)(C)C)NC(=O)CCCCCCCC/C=C\C/C=C\C/C=C\CCCCC. The number of carbonyl (C=O) groups excluding carboxylic acids is 2. The Bertz CT molecular complexity index is 1700. The molecule has 0 radical (unpaired) electrons. The standard InChI is InChI=1S/C65H111N2O7P/c1-7-10-13-16-19-22-25-28-30-32-33-35-36-39-42-45-48-51-54-57-64(68)66-62(61-73-75(70,71)72-60-59-67(4,5)6)63(56-53-50-47-44-41-38-27-24-21-18-15-12-9-3)74-65(69)58-55-52-49-46-43-40-37-34-31-29-26-23-20-17-14-11-8-2/h11,14,17,19-20,22-23,26,28-31,33-35,37,40,43,53,56,62-63H,7-10,12-13,15-16,18,21,24-25,27,32,36,38-39,41-42,44-52,54-55,57-61H2,1-6H3,(H-,66,68,70,71)/p+1/b14-11-,20-17+,22-19-,26-23+,30-28-,31-29-,35-33-,37-34+,43-40+,56-53+. The number of hydrogen-bond donors (Lipinski definition) is 2. The smallest absolute Gasteiger partial charge is 0.456 e. The first-order valence-corrected chi connectivity index (χ1v) is 31.4. The van der Waals surface area contributed by atoms with Crippen molar-refractivity contribution in [1.82, 2.24) is 5.32 Å². The van der Waals surface area contributed by atoms with Crippen LogP contribution in [0.2, 0.25) is 0 Å². The van der Waals surface area contributed by atoms with Crippen LogP contribution >= 0.6 is 7.82 Å². The number of likely N-dealkylation sites (N-methyl/N-ethyl adjacent to an activating group) is 1. The first-order chi connectivity index (χ1) is 36.4. The highest BCUT2D eigenvalue weighted by Gasteiger charge is 2.30. The zero-order valence-corrected chi connectivity index (χ0v) is 49.6. The Hall–Kier alpha value is -3.59. The van der Waals surface area contributed by atoms with Gasteiger partial charge in [-0.3, -0.25) is 18.6 Å². The molecule has 0 heterocycles. The summed E-state index contributed by atoms with van der Waals surface area (Å²) in [5.41, 5.74) is 0. The molecule has 0 spiro atoms. The van der Waals surface area contributed by atoms with E-state index in [-0.39, 0.29) is 31.5 Å². The molecule has 0 bridgehead atoms. The van der Waals surface area contributed by atoms with E-state index in [0.717, 1.165) is 103 Å². The van der Waals surface area contributed by atoms with Crippen LogP contribution in [-0.4, -0.2) is 74.3 Å². The fourth-order valence-electron chi connectivity index (χ4n) is 7.92. The van der Waals surface area contributed by atoms with Gasteiger partial charge in [-0.15, -0.1) is 0 Å². The average Bonchev–Trinajstić information content (AvgIpc) is 3.37. The van der Waals surface area contributed by atoms with Gasteiger partial charge in [0.1, 0.15) is 19.3 Å². The minimum absolute atomic E-state index is 0.0229. The van der Waals surface area contributed by atoms with Gasteiger partial charge in [0.25, 0.3) is 0 Å². The van der Waals surface area contributed by atoms with Gasteiger partial charge in [-0.05, 0) is 89.5 Å². The lowest BCUT2D eigenvalue weighted by Crippen LogP contribution is -2.47. The van der Waals surface area contributed by atoms with Crippen molar-refractivity contribution in [3.8, 4) is 0 Å². The lowest BCUT2D eigenvalue weighted by molar-refractivity contribution is -0.870. The summed E-state index contributed by atoms with van der Waals surface area (Å²) < 4.78 is 30.6. The lowest BCUT2D eigenvalue weighted by atomic mass is 10.0. The van der Waals surface area contributed by atoms with Crippen LogP contribution in [0.4, 0.5) is 0 Å². The molecule has 0 aromatic heterocycles. The molecule has 0 aliphatic rings. The number of unbranched alkanes of at least 4 members (excludes halogenated alkanes) is 23. The first-order valence-electron chi connectivity index (χ1n) is 29.9. The predicted molar refractivity (Wildman–Crippen MR) is 323 cm³/mol. The number of nitrogens with zero attached hydrogens (tertiary/aromatic N) is 1. The van der Waals surface area contributed by atoms with Crippen LogP contribution < -0.4 is 5.32 Å². The highest BCUT2D eigenvalue weighted by molar-refractivity contribution is 7.47. The number of hydrogen-bond acceptors (Lipinski definition) is 6. The van der Waals surface area contributed by atoms with E-state index in [1.165, 1.54) is 83.5 Å². The summed E-state index contributed by atoms with van der Waals surface area (Å²) in [4.78, 5) is 37.7. The zero-order valence-electron chi connectivity index (χ0n) is 48.7. The molecule has 0 aliphatic heterocycles. The number of esters is 1. The number of phosphoric acid groups is 1. The molecule has 0 saturated carbocycles. The van der Waals surface area contributed by atoms with E-state index in [4.69, 9.17) is 13.8 Å². The highest BCUT2D eigenvalue weighted by atomic mass is 31.2. The van der Waals surface area contributed by atoms with Gasteiger partial charge in [-0.25, -0.2) is 4.57 Å². The van der Waals surface area contributed by atoms with Gasteiger partial charge in [-0.1, -0.05) is 245 Å². The topological polar surface area (TPSA) is 111 Å². The van der Waals surface area contributed by atoms with E-state index in [0.29, 0.717) is 23.9 Å². The number of carbonyl (C=O) groups is 2. The summed E-state index contributed by atoms with van der Waals surface area (Å²) in [5.74, 6) is -0.579. The van der Waals surface area contributed by atoms with Crippen LogP contribution in [0.25, 0.3) is 0 Å². The molecule has 0 fully saturated rings. The number of quaternary nitrogens is 1. The molecule has 1 amide bonds. The number of ether oxygens (including phenoxy) is 1. The molecule has 75 heavy (non-hydrogen) atoms. The summed E-state index contributed by atoms with van der Waals surface area (Å²) in [6, 6.07) is -0.882. The molecule has 9 nitrogen and oxygen atoms in total. The molecule has 3 atom stereocenters. The van der Waals surface area contributed by atoms with E-state index in [1.54, 1.807) is 0 Å². The second-order valence-electron chi connectivity index (χ2n) is 20.9. The van der Waals surface area contributed by atoms with E-state index < -0.39 is 20.0 Å². The van der Waals surface area contributed by atoms with Crippen LogP contribution in [0.15, 0.2) is 122 Å². The Morgan fingerprint density at radius 1 is 0.493 bits per heavy atom. The second kappa shape index (κ2) is 53.8. The second-order valence-corrected chi connectivity index (χ2v) is 22.4. The van der Waals surface area contributed by atoms with Crippen LogP contribution in [0.3, 0.4) is 0 Å². The fraction of sp³-hybridized carbons (Fsp3) is 0.662. The molecule has 428 valence electrons. The number of phosphoric ester groups is 1. The van der Waals surface area contributed by atoms with Crippen molar-refractivity contribution < 1.29 is 37.3 Å². The third-order valence-electron chi connectivity index (χ3n) is 12.5. The van der Waals surface area contributed by atoms with Crippen molar-refractivity contribution in [2.75, 3.05) is 40.9 Å². The summed E-state index contributed by atoms with van der Waals surface area (Å²) in [7, 11) is 1.44. The first kappa shape index (κ1) is 71.4. The third-order valence-corrected chi connectivity index (χ3v) is 13.5. The van der Waals surface area contributed by atoms with E-state index >= 15 is 0 Å². The minimum atomic E-state index is -4.47. The number of allylic oxidation sites excluding steroid dienone is 19. The molecular formula is C65H112N2O7P+. The highest BCUT2D eigenvalue weighted by Crippen LogP contribution is 2.43. The molecule has 2 N–H and O–H groups in total. The predicted octanol–water partition coefficient (Wildman–Crippen LogP) is 18.3. The molecule has 0 aliphatic carbocycles. The Labute approximate surface area is 461 Å². The number of rotatable bonds is 52. The summed E-state index contributed by atoms with van der Waals surface area (Å²) in [5, 5.41) is 3.03. The Morgan fingerprint density at radius 2 is 0.907 bits per heavy atom. The van der Waals surface area contributed by atoms with Crippen molar-refractivity contribution in [3.05, 3.63) is 122 Å². The Balaban J connectivity index is 5.45. The Kier molecular flexibility index (Phi) is 51.2. The lowest BCUT2D eigenvalue weighted by Gasteiger charge is -2.27. The fourth-order valence-corrected chi connectivity index (χ4v) is 8.65. The van der Waals surface area contributed by atoms with Gasteiger partial charge in [0.2, 0.25) is 5.91 Å². The number of amides is 1. The van der Waals surface area contributed by atoms with Crippen molar-refractivity contribution in [2.45, 2.75) is 238 Å². The quantitative estimate of drug-likeness (QED) is 0.0156. The molecule has 0 rings (SSSR count). The van der Waals surface area contributed by atoms with Gasteiger partial charge in [-0.2, -0.15) is 0 Å². The molecule has 0 saturated heterocycles. The molecule has 0 aromatic carbocycles. The van der Waals surface area contributed by atoms with Crippen LogP contribution in [0, 0.1) is 0 Å². The molecule has 0 aromatic rings. The van der Waals surface area contributed by atoms with Crippen LogP contribution in [0.5, 0.6) is 0 Å². The van der Waals surface area contributed by atoms with E-state index in [9.17, 15) is 19.0 Å².